The summed E-state index contributed by atoms with van der Waals surface area (Å²) in [4.78, 5) is 45.5. The summed E-state index contributed by atoms with van der Waals surface area (Å²) in [6, 6.07) is 3.15. The molecule has 0 aliphatic carbocycles. The molecule has 0 aromatic carbocycles. The Hall–Kier alpha value is -2.78. The highest BCUT2D eigenvalue weighted by Crippen LogP contribution is 2.36. The molecule has 0 radical (unpaired) electrons. The number of nitrogens with zero attached hydrogens (tertiary/aromatic N) is 2. The van der Waals surface area contributed by atoms with Gasteiger partial charge in [0.1, 0.15) is 4.83 Å². The summed E-state index contributed by atoms with van der Waals surface area (Å²) in [6.45, 7) is 4.30. The molecule has 3 aromatic heterocycles. The van der Waals surface area contributed by atoms with E-state index in [0.29, 0.717) is 27.9 Å². The Morgan fingerprint density at radius 1 is 1.42 bits per heavy atom. The van der Waals surface area contributed by atoms with Crippen molar-refractivity contribution in [2.75, 3.05) is 5.43 Å². The molecule has 4 rings (SSSR count). The summed E-state index contributed by atoms with van der Waals surface area (Å²) >= 11 is 1.34. The van der Waals surface area contributed by atoms with Crippen LogP contribution in [-0.4, -0.2) is 26.2 Å². The van der Waals surface area contributed by atoms with E-state index in [4.69, 9.17) is 4.74 Å². The van der Waals surface area contributed by atoms with Crippen molar-refractivity contribution in [1.82, 2.24) is 14.6 Å². The monoisotopic (exact) mass is 372 g/mol. The van der Waals surface area contributed by atoms with Crippen LogP contribution in [0.4, 0.5) is 0 Å². The average Bonchev–Trinajstić information content (AvgIpc) is 2.95. The van der Waals surface area contributed by atoms with E-state index in [9.17, 15) is 14.4 Å². The molecular weight excluding hydrogens is 356 g/mol. The van der Waals surface area contributed by atoms with Gasteiger partial charge in [-0.05, 0) is 31.5 Å². The molecule has 1 aliphatic heterocycles. The molecule has 9 heteroatoms. The standard InChI is InChI=1S/C17H16N4O4S/c1-17(2)6-10-11(8-25-17)26-14-12(10)15(23)21(16(24)19-14)20-13(22)9-4-3-5-18-7-9/h3-5,7H,6,8H2,1-2H3,(H,19,24)(H,20,22). The van der Waals surface area contributed by atoms with Gasteiger partial charge in [-0.25, -0.2) is 4.79 Å². The van der Waals surface area contributed by atoms with Crippen molar-refractivity contribution < 1.29 is 9.53 Å². The zero-order valence-corrected chi connectivity index (χ0v) is 15.0. The van der Waals surface area contributed by atoms with Crippen molar-refractivity contribution in [1.29, 1.82) is 0 Å². The molecular formula is C17H16N4O4S. The molecule has 4 heterocycles. The van der Waals surface area contributed by atoms with Gasteiger partial charge in [-0.15, -0.1) is 11.3 Å². The normalized spacial score (nSPS) is 15.6. The summed E-state index contributed by atoms with van der Waals surface area (Å²) in [5, 5.41) is 0.424. The number of carbonyl (C=O) groups is 1. The third kappa shape index (κ3) is 2.74. The number of rotatable bonds is 2. The first-order valence-corrected chi connectivity index (χ1v) is 8.82. The van der Waals surface area contributed by atoms with Crippen LogP contribution in [0.2, 0.25) is 0 Å². The summed E-state index contributed by atoms with van der Waals surface area (Å²) < 4.78 is 6.49. The second-order valence-corrected chi connectivity index (χ2v) is 7.79. The van der Waals surface area contributed by atoms with Gasteiger partial charge in [0, 0.05) is 23.7 Å². The van der Waals surface area contributed by atoms with Gasteiger partial charge in [-0.3, -0.25) is 25.0 Å². The number of fused-ring (bicyclic) bond motifs is 3. The first kappa shape index (κ1) is 16.7. The summed E-state index contributed by atoms with van der Waals surface area (Å²) in [6.07, 6.45) is 3.45. The Bertz CT molecular complexity index is 1130. The third-order valence-corrected chi connectivity index (χ3v) is 5.39. The van der Waals surface area contributed by atoms with Gasteiger partial charge < -0.3 is 4.74 Å². The Balaban J connectivity index is 1.83. The minimum Gasteiger partial charge on any atom is -0.370 e. The zero-order valence-electron chi connectivity index (χ0n) is 14.2. The number of pyridine rings is 1. The molecule has 26 heavy (non-hydrogen) atoms. The highest BCUT2D eigenvalue weighted by atomic mass is 32.1. The number of amides is 1. The van der Waals surface area contributed by atoms with Crippen LogP contribution in [0.3, 0.4) is 0 Å². The highest BCUT2D eigenvalue weighted by Gasteiger charge is 2.31. The number of nitrogens with one attached hydrogen (secondary N) is 2. The third-order valence-electron chi connectivity index (χ3n) is 4.26. The molecule has 0 saturated heterocycles. The predicted octanol–water partition coefficient (Wildman–Crippen LogP) is 1.38. The molecule has 0 saturated carbocycles. The van der Waals surface area contributed by atoms with Crippen molar-refractivity contribution in [3.63, 3.8) is 0 Å². The Morgan fingerprint density at radius 2 is 2.23 bits per heavy atom. The second kappa shape index (κ2) is 5.89. The van der Waals surface area contributed by atoms with Gasteiger partial charge in [0.25, 0.3) is 11.5 Å². The zero-order chi connectivity index (χ0) is 18.5. The molecule has 2 N–H and O–H groups in total. The van der Waals surface area contributed by atoms with E-state index < -0.39 is 22.8 Å². The van der Waals surface area contributed by atoms with Gasteiger partial charge in [0.05, 0.1) is 23.2 Å². The molecule has 0 unspecified atom stereocenters. The number of thiophene rings is 1. The van der Waals surface area contributed by atoms with Crippen LogP contribution < -0.4 is 16.7 Å². The van der Waals surface area contributed by atoms with Crippen LogP contribution in [-0.2, 0) is 17.8 Å². The number of hydrogen-bond donors (Lipinski definition) is 2. The van der Waals surface area contributed by atoms with Crippen molar-refractivity contribution in [2.45, 2.75) is 32.5 Å². The lowest BCUT2D eigenvalue weighted by Crippen LogP contribution is -2.43. The van der Waals surface area contributed by atoms with Gasteiger partial charge >= 0.3 is 5.69 Å². The Labute approximate surface area is 151 Å². The van der Waals surface area contributed by atoms with E-state index >= 15 is 0 Å². The van der Waals surface area contributed by atoms with Crippen LogP contribution in [0, 0.1) is 0 Å². The average molecular weight is 372 g/mol. The first-order chi connectivity index (χ1) is 12.4. The van der Waals surface area contributed by atoms with Crippen molar-refractivity contribution >= 4 is 27.5 Å². The summed E-state index contributed by atoms with van der Waals surface area (Å²) in [5.41, 5.74) is 1.84. The van der Waals surface area contributed by atoms with E-state index in [1.54, 1.807) is 12.1 Å². The van der Waals surface area contributed by atoms with Gasteiger partial charge in [0.2, 0.25) is 0 Å². The predicted molar refractivity (Wildman–Crippen MR) is 97.2 cm³/mol. The molecule has 134 valence electrons. The maximum atomic E-state index is 12.9. The Morgan fingerprint density at radius 3 is 2.96 bits per heavy atom. The molecule has 0 atom stereocenters. The molecule has 1 aliphatic rings. The lowest BCUT2D eigenvalue weighted by atomic mass is 9.94. The number of carbonyl (C=O) groups excluding carboxylic acids is 1. The molecule has 0 fully saturated rings. The summed E-state index contributed by atoms with van der Waals surface area (Å²) in [5.74, 6) is -0.585. The van der Waals surface area contributed by atoms with Crippen LogP contribution >= 0.6 is 11.3 Å². The lowest BCUT2D eigenvalue weighted by Gasteiger charge is -2.29. The van der Waals surface area contributed by atoms with Crippen LogP contribution in [0.15, 0.2) is 34.1 Å². The topological polar surface area (TPSA) is 106 Å². The quantitative estimate of drug-likeness (QED) is 0.707. The van der Waals surface area contributed by atoms with Crippen molar-refractivity contribution in [3.05, 3.63) is 61.4 Å². The number of aromatic amines is 1. The number of hydrogen-bond acceptors (Lipinski definition) is 6. The number of H-pyrrole nitrogens is 1. The highest BCUT2D eigenvalue weighted by molar-refractivity contribution is 7.18. The fourth-order valence-corrected chi connectivity index (χ4v) is 4.10. The van der Waals surface area contributed by atoms with Gasteiger partial charge in [0.15, 0.2) is 0 Å². The van der Waals surface area contributed by atoms with E-state index in [1.165, 1.54) is 23.7 Å². The fourth-order valence-electron chi connectivity index (χ4n) is 2.99. The fraction of sp³-hybridized carbons (Fsp3) is 0.294. The van der Waals surface area contributed by atoms with Crippen LogP contribution in [0.25, 0.3) is 10.2 Å². The largest absolute Gasteiger partial charge is 0.370 e. The lowest BCUT2D eigenvalue weighted by molar-refractivity contribution is -0.0379. The van der Waals surface area contributed by atoms with Gasteiger partial charge in [-0.2, -0.15) is 4.68 Å². The van der Waals surface area contributed by atoms with E-state index in [2.05, 4.69) is 15.4 Å². The van der Waals surface area contributed by atoms with Gasteiger partial charge in [-0.1, -0.05) is 0 Å². The minimum atomic E-state index is -0.696. The van der Waals surface area contributed by atoms with Crippen LogP contribution in [0.1, 0.15) is 34.6 Å². The maximum Gasteiger partial charge on any atom is 0.348 e. The maximum absolute atomic E-state index is 12.9. The molecule has 1 amide bonds. The second-order valence-electron chi connectivity index (χ2n) is 6.69. The smallest absolute Gasteiger partial charge is 0.348 e. The Kier molecular flexibility index (Phi) is 3.78. The van der Waals surface area contributed by atoms with E-state index in [-0.39, 0.29) is 5.56 Å². The SMILES string of the molecule is CC1(C)Cc2c(sc3[nH]c(=O)n(NC(=O)c4cccnc4)c(=O)c23)CO1. The molecule has 8 nitrogen and oxygen atoms in total. The molecule has 3 aromatic rings. The van der Waals surface area contributed by atoms with E-state index in [1.807, 2.05) is 13.8 Å². The van der Waals surface area contributed by atoms with Crippen molar-refractivity contribution in [2.24, 2.45) is 0 Å². The molecule has 0 bridgehead atoms. The number of aromatic nitrogens is 3. The minimum absolute atomic E-state index is 0.251. The molecule has 0 spiro atoms. The first-order valence-electron chi connectivity index (χ1n) is 8.01. The number of ether oxygens (including phenoxy) is 1. The van der Waals surface area contributed by atoms with E-state index in [0.717, 1.165) is 10.4 Å². The summed E-state index contributed by atoms with van der Waals surface area (Å²) in [7, 11) is 0. The van der Waals surface area contributed by atoms with Crippen molar-refractivity contribution in [3.8, 4) is 0 Å². The van der Waals surface area contributed by atoms with Crippen LogP contribution in [0.5, 0.6) is 0 Å².